The molecule has 3 N–H and O–H groups in total. The van der Waals surface area contributed by atoms with Crippen LogP contribution in [0.15, 0.2) is 24.3 Å². The van der Waals surface area contributed by atoms with E-state index in [0.717, 1.165) is 31.2 Å². The molecule has 5 nitrogen and oxygen atoms in total. The summed E-state index contributed by atoms with van der Waals surface area (Å²) in [7, 11) is 0. The van der Waals surface area contributed by atoms with Crippen LogP contribution in [-0.2, 0) is 10.2 Å². The standard InChI is InChI=1S/C19H28N2O3/c1-18(2,3)15-8-6-14(7-9-15)17(23)20-12-16(22)21-13-19(24)10-4-5-11-19/h6-9,24H,4-5,10-13H2,1-3H3,(H,20,23)(H,21,22). The fourth-order valence-corrected chi connectivity index (χ4v) is 2.92. The molecule has 0 atom stereocenters. The molecule has 1 aromatic rings. The normalized spacial score (nSPS) is 16.7. The number of hydrogen-bond donors (Lipinski definition) is 3. The van der Waals surface area contributed by atoms with Crippen molar-refractivity contribution in [1.29, 1.82) is 0 Å². The molecule has 1 saturated carbocycles. The molecule has 0 saturated heterocycles. The molecule has 0 unspecified atom stereocenters. The minimum atomic E-state index is -0.775. The molecule has 1 aliphatic carbocycles. The van der Waals surface area contributed by atoms with Gasteiger partial charge in [0, 0.05) is 12.1 Å². The summed E-state index contributed by atoms with van der Waals surface area (Å²) < 4.78 is 0. The van der Waals surface area contributed by atoms with Gasteiger partial charge in [0.25, 0.3) is 5.91 Å². The van der Waals surface area contributed by atoms with Crippen molar-refractivity contribution in [2.45, 2.75) is 57.5 Å². The Morgan fingerprint density at radius 1 is 1.08 bits per heavy atom. The van der Waals surface area contributed by atoms with Crippen molar-refractivity contribution in [3.63, 3.8) is 0 Å². The molecular weight excluding hydrogens is 304 g/mol. The Morgan fingerprint density at radius 3 is 2.21 bits per heavy atom. The molecule has 0 bridgehead atoms. The molecule has 0 heterocycles. The molecule has 2 amide bonds. The van der Waals surface area contributed by atoms with Crippen LogP contribution in [0, 0.1) is 0 Å². The second-order valence-electron chi connectivity index (χ2n) is 7.72. The third kappa shape index (κ3) is 5.06. The van der Waals surface area contributed by atoms with Crippen molar-refractivity contribution in [2.75, 3.05) is 13.1 Å². The molecule has 0 aliphatic heterocycles. The Bertz CT molecular complexity index is 582. The van der Waals surface area contributed by atoms with Gasteiger partial charge in [0.2, 0.25) is 5.91 Å². The fourth-order valence-electron chi connectivity index (χ4n) is 2.92. The molecule has 0 aromatic heterocycles. The number of carbonyl (C=O) groups excluding carboxylic acids is 2. The van der Waals surface area contributed by atoms with E-state index in [-0.39, 0.29) is 30.3 Å². The smallest absolute Gasteiger partial charge is 0.251 e. The largest absolute Gasteiger partial charge is 0.388 e. The zero-order chi connectivity index (χ0) is 17.8. The highest BCUT2D eigenvalue weighted by Gasteiger charge is 2.31. The lowest BCUT2D eigenvalue weighted by Gasteiger charge is -2.22. The maximum absolute atomic E-state index is 12.1. The number of rotatable bonds is 5. The van der Waals surface area contributed by atoms with Crippen LogP contribution >= 0.6 is 0 Å². The maximum atomic E-state index is 12.1. The van der Waals surface area contributed by atoms with Gasteiger partial charge in [-0.3, -0.25) is 9.59 Å². The van der Waals surface area contributed by atoms with Gasteiger partial charge in [-0.25, -0.2) is 0 Å². The average Bonchev–Trinajstić information content (AvgIpc) is 2.97. The predicted octanol–water partition coefficient (Wildman–Crippen LogP) is 2.14. The Hall–Kier alpha value is -1.88. The van der Waals surface area contributed by atoms with E-state index in [9.17, 15) is 14.7 Å². The van der Waals surface area contributed by atoms with Crippen molar-refractivity contribution in [3.8, 4) is 0 Å². The molecule has 1 aromatic carbocycles. The minimum Gasteiger partial charge on any atom is -0.388 e. The van der Waals surface area contributed by atoms with Gasteiger partial charge < -0.3 is 15.7 Å². The zero-order valence-electron chi connectivity index (χ0n) is 14.8. The Kier molecular flexibility index (Phi) is 5.65. The summed E-state index contributed by atoms with van der Waals surface area (Å²) in [6.07, 6.45) is 3.43. The molecule has 1 aliphatic rings. The van der Waals surface area contributed by atoms with Crippen LogP contribution in [0.1, 0.15) is 62.4 Å². The minimum absolute atomic E-state index is 0.0371. The Balaban J connectivity index is 1.79. The number of hydrogen-bond acceptors (Lipinski definition) is 3. The van der Waals surface area contributed by atoms with Gasteiger partial charge >= 0.3 is 0 Å². The zero-order valence-corrected chi connectivity index (χ0v) is 14.8. The van der Waals surface area contributed by atoms with Crippen molar-refractivity contribution in [1.82, 2.24) is 10.6 Å². The second kappa shape index (κ2) is 7.34. The highest BCUT2D eigenvalue weighted by molar-refractivity contribution is 5.96. The molecule has 0 spiro atoms. The number of carbonyl (C=O) groups is 2. The number of benzene rings is 1. The lowest BCUT2D eigenvalue weighted by atomic mass is 9.87. The first kappa shape index (κ1) is 18.5. The average molecular weight is 332 g/mol. The lowest BCUT2D eigenvalue weighted by Crippen LogP contribution is -2.44. The Morgan fingerprint density at radius 2 is 1.67 bits per heavy atom. The van der Waals surface area contributed by atoms with Crippen molar-refractivity contribution >= 4 is 11.8 Å². The van der Waals surface area contributed by atoms with E-state index in [0.29, 0.717) is 5.56 Å². The predicted molar refractivity (Wildman–Crippen MR) is 93.9 cm³/mol. The van der Waals surface area contributed by atoms with E-state index < -0.39 is 5.60 Å². The highest BCUT2D eigenvalue weighted by atomic mass is 16.3. The Labute approximate surface area is 143 Å². The summed E-state index contributed by atoms with van der Waals surface area (Å²) in [5, 5.41) is 15.5. The van der Waals surface area contributed by atoms with Crippen LogP contribution in [-0.4, -0.2) is 35.6 Å². The van der Waals surface area contributed by atoms with Crippen LogP contribution < -0.4 is 10.6 Å². The van der Waals surface area contributed by atoms with Crippen molar-refractivity contribution in [3.05, 3.63) is 35.4 Å². The fraction of sp³-hybridized carbons (Fsp3) is 0.579. The third-order valence-corrected chi connectivity index (χ3v) is 4.57. The van der Waals surface area contributed by atoms with Crippen LogP contribution in [0.5, 0.6) is 0 Å². The van der Waals surface area contributed by atoms with Gasteiger partial charge in [-0.2, -0.15) is 0 Å². The van der Waals surface area contributed by atoms with Crippen LogP contribution in [0.2, 0.25) is 0 Å². The first-order valence-electron chi connectivity index (χ1n) is 8.57. The van der Waals surface area contributed by atoms with E-state index in [4.69, 9.17) is 0 Å². The number of amides is 2. The van der Waals surface area contributed by atoms with Gasteiger partial charge in [0.15, 0.2) is 0 Å². The summed E-state index contributed by atoms with van der Waals surface area (Å²) in [6.45, 7) is 6.51. The van der Waals surface area contributed by atoms with E-state index in [1.54, 1.807) is 12.1 Å². The summed E-state index contributed by atoms with van der Waals surface area (Å²) in [4.78, 5) is 23.9. The summed E-state index contributed by atoms with van der Waals surface area (Å²) >= 11 is 0. The molecule has 2 rings (SSSR count). The highest BCUT2D eigenvalue weighted by Crippen LogP contribution is 2.28. The molecule has 132 valence electrons. The van der Waals surface area contributed by atoms with Gasteiger partial charge in [0.1, 0.15) is 0 Å². The molecule has 5 heteroatoms. The van der Waals surface area contributed by atoms with Crippen LogP contribution in [0.3, 0.4) is 0 Å². The first-order valence-corrected chi connectivity index (χ1v) is 8.57. The second-order valence-corrected chi connectivity index (χ2v) is 7.72. The molecule has 1 fully saturated rings. The van der Waals surface area contributed by atoms with E-state index in [1.807, 2.05) is 12.1 Å². The van der Waals surface area contributed by atoms with E-state index in [1.165, 1.54) is 0 Å². The van der Waals surface area contributed by atoms with E-state index in [2.05, 4.69) is 31.4 Å². The molecule has 24 heavy (non-hydrogen) atoms. The molecular formula is C19H28N2O3. The number of nitrogens with one attached hydrogen (secondary N) is 2. The number of aliphatic hydroxyl groups is 1. The SMILES string of the molecule is CC(C)(C)c1ccc(C(=O)NCC(=O)NCC2(O)CCCC2)cc1. The van der Waals surface area contributed by atoms with Gasteiger partial charge in [-0.1, -0.05) is 45.7 Å². The summed E-state index contributed by atoms with van der Waals surface area (Å²) in [6, 6.07) is 7.42. The first-order chi connectivity index (χ1) is 11.2. The van der Waals surface area contributed by atoms with Crippen LogP contribution in [0.25, 0.3) is 0 Å². The quantitative estimate of drug-likeness (QED) is 0.773. The van der Waals surface area contributed by atoms with Gasteiger partial charge in [-0.15, -0.1) is 0 Å². The van der Waals surface area contributed by atoms with Crippen molar-refractivity contribution < 1.29 is 14.7 Å². The van der Waals surface area contributed by atoms with Crippen molar-refractivity contribution in [2.24, 2.45) is 0 Å². The van der Waals surface area contributed by atoms with E-state index >= 15 is 0 Å². The van der Waals surface area contributed by atoms with Gasteiger partial charge in [0.05, 0.1) is 12.1 Å². The van der Waals surface area contributed by atoms with Crippen LogP contribution in [0.4, 0.5) is 0 Å². The summed E-state index contributed by atoms with van der Waals surface area (Å²) in [5.41, 5.74) is 0.949. The van der Waals surface area contributed by atoms with Gasteiger partial charge in [-0.05, 0) is 36.0 Å². The lowest BCUT2D eigenvalue weighted by molar-refractivity contribution is -0.121. The molecule has 0 radical (unpaired) electrons. The third-order valence-electron chi connectivity index (χ3n) is 4.57. The topological polar surface area (TPSA) is 78.4 Å². The maximum Gasteiger partial charge on any atom is 0.251 e. The summed E-state index contributed by atoms with van der Waals surface area (Å²) in [5.74, 6) is -0.555. The monoisotopic (exact) mass is 332 g/mol.